The molecule has 0 bridgehead atoms. The molecule has 2 unspecified atom stereocenters. The van der Waals surface area contributed by atoms with Gasteiger partial charge in [-0.25, -0.2) is 0 Å². The van der Waals surface area contributed by atoms with Gasteiger partial charge in [-0.3, -0.25) is 9.69 Å². The van der Waals surface area contributed by atoms with Crippen LogP contribution in [0.3, 0.4) is 0 Å². The Bertz CT molecular complexity index is 477. The number of rotatable bonds is 3. The topological polar surface area (TPSA) is 66.6 Å². The molecule has 1 N–H and O–H groups in total. The standard InChI is InChI=1S/C14H20N2O3/c1-9-14-11(16-4-2-3-5-16)6-10(8-13(17)18)7-12(14)19-15-9/h10-11H,2-8H2,1H3,(H,17,18). The van der Waals surface area contributed by atoms with Crippen LogP contribution in [0, 0.1) is 12.8 Å². The zero-order valence-electron chi connectivity index (χ0n) is 11.3. The van der Waals surface area contributed by atoms with Crippen molar-refractivity contribution in [2.24, 2.45) is 5.92 Å². The smallest absolute Gasteiger partial charge is 0.303 e. The van der Waals surface area contributed by atoms with E-state index in [0.29, 0.717) is 12.5 Å². The van der Waals surface area contributed by atoms with Crippen molar-refractivity contribution in [3.05, 3.63) is 17.0 Å². The summed E-state index contributed by atoms with van der Waals surface area (Å²) in [4.78, 5) is 13.4. The van der Waals surface area contributed by atoms with Crippen LogP contribution in [-0.2, 0) is 11.2 Å². The minimum Gasteiger partial charge on any atom is -0.481 e. The molecule has 1 saturated heterocycles. The largest absolute Gasteiger partial charge is 0.481 e. The van der Waals surface area contributed by atoms with E-state index in [2.05, 4.69) is 10.1 Å². The van der Waals surface area contributed by atoms with Gasteiger partial charge < -0.3 is 9.63 Å². The Morgan fingerprint density at radius 3 is 2.89 bits per heavy atom. The van der Waals surface area contributed by atoms with E-state index in [1.165, 1.54) is 18.4 Å². The first-order valence-electron chi connectivity index (χ1n) is 7.06. The average molecular weight is 264 g/mol. The number of hydrogen-bond donors (Lipinski definition) is 1. The summed E-state index contributed by atoms with van der Waals surface area (Å²) in [5.74, 6) is 0.361. The number of hydrogen-bond acceptors (Lipinski definition) is 4. The lowest BCUT2D eigenvalue weighted by Crippen LogP contribution is -2.32. The molecule has 1 fully saturated rings. The lowest BCUT2D eigenvalue weighted by Gasteiger charge is -2.34. The van der Waals surface area contributed by atoms with E-state index < -0.39 is 5.97 Å². The third-order valence-electron chi connectivity index (χ3n) is 4.39. The molecule has 1 aliphatic carbocycles. The van der Waals surface area contributed by atoms with Crippen molar-refractivity contribution in [1.82, 2.24) is 10.1 Å². The highest BCUT2D eigenvalue weighted by Crippen LogP contribution is 2.41. The summed E-state index contributed by atoms with van der Waals surface area (Å²) in [7, 11) is 0. The number of aliphatic carboxylic acids is 1. The number of fused-ring (bicyclic) bond motifs is 1. The predicted molar refractivity (Wildman–Crippen MR) is 68.9 cm³/mol. The Hall–Kier alpha value is -1.36. The fraction of sp³-hybridized carbons (Fsp3) is 0.714. The summed E-state index contributed by atoms with van der Waals surface area (Å²) < 4.78 is 5.42. The van der Waals surface area contributed by atoms with Gasteiger partial charge in [0.15, 0.2) is 0 Å². The number of aryl methyl sites for hydroxylation is 1. The van der Waals surface area contributed by atoms with Gasteiger partial charge in [0, 0.05) is 24.4 Å². The van der Waals surface area contributed by atoms with Gasteiger partial charge in [0.1, 0.15) is 5.76 Å². The van der Waals surface area contributed by atoms with Crippen LogP contribution in [0.4, 0.5) is 0 Å². The maximum absolute atomic E-state index is 11.0. The number of likely N-dealkylation sites (tertiary alicyclic amines) is 1. The van der Waals surface area contributed by atoms with E-state index in [-0.39, 0.29) is 12.3 Å². The summed E-state index contributed by atoms with van der Waals surface area (Å²) in [5, 5.41) is 13.1. The lowest BCUT2D eigenvalue weighted by molar-refractivity contribution is -0.138. The van der Waals surface area contributed by atoms with E-state index in [4.69, 9.17) is 9.63 Å². The third kappa shape index (κ3) is 2.39. The van der Waals surface area contributed by atoms with Gasteiger partial charge in [0.25, 0.3) is 0 Å². The van der Waals surface area contributed by atoms with E-state index in [1.807, 2.05) is 6.92 Å². The normalized spacial score (nSPS) is 27.4. The van der Waals surface area contributed by atoms with E-state index in [1.54, 1.807) is 0 Å². The molecule has 104 valence electrons. The fourth-order valence-electron chi connectivity index (χ4n) is 3.56. The molecule has 2 aliphatic rings. The Morgan fingerprint density at radius 2 is 2.21 bits per heavy atom. The maximum Gasteiger partial charge on any atom is 0.303 e. The third-order valence-corrected chi connectivity index (χ3v) is 4.39. The monoisotopic (exact) mass is 264 g/mol. The Labute approximate surface area is 112 Å². The fourth-order valence-corrected chi connectivity index (χ4v) is 3.56. The maximum atomic E-state index is 11.0. The summed E-state index contributed by atoms with van der Waals surface area (Å²) in [6.45, 7) is 4.20. The minimum absolute atomic E-state index is 0.169. The van der Waals surface area contributed by atoms with Crippen LogP contribution in [0.5, 0.6) is 0 Å². The van der Waals surface area contributed by atoms with Gasteiger partial charge in [-0.15, -0.1) is 0 Å². The number of carboxylic acids is 1. The average Bonchev–Trinajstić information content (AvgIpc) is 2.98. The molecule has 5 nitrogen and oxygen atoms in total. The first-order chi connectivity index (χ1) is 9.15. The molecule has 2 heterocycles. The van der Waals surface area contributed by atoms with Crippen molar-refractivity contribution in [2.75, 3.05) is 13.1 Å². The molecule has 5 heteroatoms. The summed E-state index contributed by atoms with van der Waals surface area (Å²) in [5.41, 5.74) is 2.20. The van der Waals surface area contributed by atoms with Gasteiger partial charge in [0.2, 0.25) is 0 Å². The number of nitrogens with zero attached hydrogens (tertiary/aromatic N) is 2. The molecule has 2 atom stereocenters. The van der Waals surface area contributed by atoms with Crippen molar-refractivity contribution >= 4 is 5.97 Å². The quantitative estimate of drug-likeness (QED) is 0.906. The van der Waals surface area contributed by atoms with Gasteiger partial charge >= 0.3 is 5.97 Å². The van der Waals surface area contributed by atoms with E-state index in [9.17, 15) is 4.79 Å². The summed E-state index contributed by atoms with van der Waals surface area (Å²) in [6, 6.07) is 0.307. The van der Waals surface area contributed by atoms with E-state index in [0.717, 1.165) is 31.0 Å². The van der Waals surface area contributed by atoms with Crippen molar-refractivity contribution < 1.29 is 14.4 Å². The molecular weight excluding hydrogens is 244 g/mol. The van der Waals surface area contributed by atoms with Gasteiger partial charge in [-0.2, -0.15) is 0 Å². The second-order valence-corrected chi connectivity index (χ2v) is 5.77. The highest BCUT2D eigenvalue weighted by Gasteiger charge is 2.36. The number of aromatic nitrogens is 1. The summed E-state index contributed by atoms with van der Waals surface area (Å²) >= 11 is 0. The minimum atomic E-state index is -0.718. The molecule has 0 radical (unpaired) electrons. The molecule has 1 aromatic heterocycles. The van der Waals surface area contributed by atoms with Crippen molar-refractivity contribution in [3.8, 4) is 0 Å². The Balaban J connectivity index is 1.87. The second kappa shape index (κ2) is 4.96. The molecule has 3 rings (SSSR count). The Kier molecular flexibility index (Phi) is 3.31. The van der Waals surface area contributed by atoms with Crippen LogP contribution in [0.1, 0.15) is 48.7 Å². The van der Waals surface area contributed by atoms with Crippen molar-refractivity contribution in [2.45, 2.75) is 45.1 Å². The van der Waals surface area contributed by atoms with Gasteiger partial charge in [-0.05, 0) is 45.2 Å². The van der Waals surface area contributed by atoms with Crippen molar-refractivity contribution in [1.29, 1.82) is 0 Å². The molecule has 0 aromatic carbocycles. The van der Waals surface area contributed by atoms with Crippen LogP contribution >= 0.6 is 0 Å². The molecule has 0 saturated carbocycles. The Morgan fingerprint density at radius 1 is 1.47 bits per heavy atom. The first kappa shape index (κ1) is 12.7. The zero-order valence-corrected chi connectivity index (χ0v) is 11.3. The molecular formula is C14H20N2O3. The summed E-state index contributed by atoms with van der Waals surface area (Å²) in [6.07, 6.45) is 4.33. The van der Waals surface area contributed by atoms with Crippen LogP contribution in [0.15, 0.2) is 4.52 Å². The highest BCUT2D eigenvalue weighted by atomic mass is 16.5. The first-order valence-corrected chi connectivity index (χ1v) is 7.06. The SMILES string of the molecule is Cc1noc2c1C(N1CCCC1)CC(CC(=O)O)C2. The predicted octanol–water partition coefficient (Wildman–Crippen LogP) is 2.16. The lowest BCUT2D eigenvalue weighted by atomic mass is 9.81. The second-order valence-electron chi connectivity index (χ2n) is 5.77. The van der Waals surface area contributed by atoms with Crippen LogP contribution in [-0.4, -0.2) is 34.2 Å². The van der Waals surface area contributed by atoms with Gasteiger partial charge in [0.05, 0.1) is 5.69 Å². The molecule has 0 spiro atoms. The van der Waals surface area contributed by atoms with Crippen molar-refractivity contribution in [3.63, 3.8) is 0 Å². The molecule has 19 heavy (non-hydrogen) atoms. The zero-order chi connectivity index (χ0) is 13.4. The number of carboxylic acid groups (broad SMARTS) is 1. The van der Waals surface area contributed by atoms with Crippen LogP contribution in [0.25, 0.3) is 0 Å². The molecule has 1 aliphatic heterocycles. The highest BCUT2D eigenvalue weighted by molar-refractivity contribution is 5.67. The molecule has 0 amide bonds. The van der Waals surface area contributed by atoms with Gasteiger partial charge in [-0.1, -0.05) is 5.16 Å². The molecule has 1 aromatic rings. The number of carbonyl (C=O) groups is 1. The van der Waals surface area contributed by atoms with E-state index >= 15 is 0 Å². The van der Waals surface area contributed by atoms with Crippen LogP contribution in [0.2, 0.25) is 0 Å². The van der Waals surface area contributed by atoms with Crippen LogP contribution < -0.4 is 0 Å².